The Bertz CT molecular complexity index is 928. The Hall–Kier alpha value is -2.86. The first-order chi connectivity index (χ1) is 13.4. The van der Waals surface area contributed by atoms with Gasteiger partial charge in [-0.2, -0.15) is 0 Å². The van der Waals surface area contributed by atoms with Crippen molar-refractivity contribution in [1.82, 2.24) is 4.98 Å². The number of aromatic nitrogens is 1. The minimum atomic E-state index is -0.235. The highest BCUT2D eigenvalue weighted by atomic mass is 32.1. The molecule has 3 rings (SSSR count). The van der Waals surface area contributed by atoms with E-state index in [-0.39, 0.29) is 18.6 Å². The average Bonchev–Trinajstić information content (AvgIpc) is 3.08. The molecule has 0 spiro atoms. The molecule has 0 radical (unpaired) electrons. The van der Waals surface area contributed by atoms with Gasteiger partial charge in [-0.1, -0.05) is 6.07 Å². The van der Waals surface area contributed by atoms with Gasteiger partial charge in [0.2, 0.25) is 0 Å². The zero-order chi connectivity index (χ0) is 20.1. The Morgan fingerprint density at radius 2 is 1.75 bits per heavy atom. The highest BCUT2D eigenvalue weighted by Crippen LogP contribution is 2.27. The summed E-state index contributed by atoms with van der Waals surface area (Å²) in [6.45, 7) is 7.93. The van der Waals surface area contributed by atoms with Gasteiger partial charge in [-0.05, 0) is 75.2 Å². The molecule has 6 heteroatoms. The third-order valence-electron chi connectivity index (χ3n) is 3.84. The predicted octanol–water partition coefficient (Wildman–Crippen LogP) is 5.23. The van der Waals surface area contributed by atoms with Crippen molar-refractivity contribution >= 4 is 22.4 Å². The van der Waals surface area contributed by atoms with E-state index in [1.807, 2.05) is 69.5 Å². The van der Waals surface area contributed by atoms with Gasteiger partial charge in [-0.25, -0.2) is 4.98 Å². The second-order valence-corrected chi connectivity index (χ2v) is 7.75. The van der Waals surface area contributed by atoms with Crippen LogP contribution in [0.25, 0.3) is 11.3 Å². The van der Waals surface area contributed by atoms with Crippen LogP contribution >= 0.6 is 11.3 Å². The number of amides is 1. The number of nitrogens with one attached hydrogen (secondary N) is 1. The smallest absolute Gasteiger partial charge is 0.264 e. The molecule has 1 heterocycles. The van der Waals surface area contributed by atoms with Gasteiger partial charge in [0.1, 0.15) is 11.5 Å². The first-order valence-electron chi connectivity index (χ1n) is 9.12. The minimum Gasteiger partial charge on any atom is -0.491 e. The number of anilines is 1. The molecule has 0 aliphatic heterocycles. The van der Waals surface area contributed by atoms with Crippen LogP contribution in [0.5, 0.6) is 11.5 Å². The largest absolute Gasteiger partial charge is 0.491 e. The van der Waals surface area contributed by atoms with E-state index in [1.54, 1.807) is 0 Å². The number of hydrogen-bond donors (Lipinski definition) is 1. The SMILES string of the molecule is Cc1cc(C)cc(OCC(=O)Nc2nc(-c3ccc(OC(C)C)cc3)cs2)c1. The summed E-state index contributed by atoms with van der Waals surface area (Å²) in [5, 5.41) is 5.25. The number of ether oxygens (including phenoxy) is 2. The molecule has 3 aromatic rings. The summed E-state index contributed by atoms with van der Waals surface area (Å²) in [5.41, 5.74) is 3.99. The zero-order valence-corrected chi connectivity index (χ0v) is 17.3. The fraction of sp³-hybridized carbons (Fsp3) is 0.273. The van der Waals surface area contributed by atoms with Crippen molar-refractivity contribution in [2.45, 2.75) is 33.8 Å². The van der Waals surface area contributed by atoms with Crippen molar-refractivity contribution in [1.29, 1.82) is 0 Å². The van der Waals surface area contributed by atoms with Crippen molar-refractivity contribution in [3.8, 4) is 22.8 Å². The van der Waals surface area contributed by atoms with Crippen LogP contribution < -0.4 is 14.8 Å². The molecule has 0 unspecified atom stereocenters. The van der Waals surface area contributed by atoms with E-state index >= 15 is 0 Å². The van der Waals surface area contributed by atoms with Crippen LogP contribution in [0, 0.1) is 13.8 Å². The molecular weight excluding hydrogens is 372 g/mol. The van der Waals surface area contributed by atoms with Crippen LogP contribution in [0.15, 0.2) is 47.8 Å². The van der Waals surface area contributed by atoms with Gasteiger partial charge in [0, 0.05) is 10.9 Å². The lowest BCUT2D eigenvalue weighted by atomic mass is 10.1. The van der Waals surface area contributed by atoms with Gasteiger partial charge in [0.15, 0.2) is 11.7 Å². The lowest BCUT2D eigenvalue weighted by Gasteiger charge is -2.09. The number of carbonyl (C=O) groups excluding carboxylic acids is 1. The van der Waals surface area contributed by atoms with Crippen LogP contribution in [0.4, 0.5) is 5.13 Å². The summed E-state index contributed by atoms with van der Waals surface area (Å²) in [7, 11) is 0. The fourth-order valence-corrected chi connectivity index (χ4v) is 3.50. The Morgan fingerprint density at radius 3 is 2.39 bits per heavy atom. The standard InChI is InChI=1S/C22H24N2O3S/c1-14(2)27-18-7-5-17(6-8-18)20-13-28-22(23-20)24-21(25)12-26-19-10-15(3)9-16(4)11-19/h5-11,13-14H,12H2,1-4H3,(H,23,24,25). The quantitative estimate of drug-likeness (QED) is 0.594. The maximum absolute atomic E-state index is 12.2. The number of nitrogens with zero attached hydrogens (tertiary/aromatic N) is 1. The van der Waals surface area contributed by atoms with Crippen molar-refractivity contribution in [3.63, 3.8) is 0 Å². The normalized spacial score (nSPS) is 10.8. The highest BCUT2D eigenvalue weighted by molar-refractivity contribution is 7.14. The maximum atomic E-state index is 12.2. The minimum absolute atomic E-state index is 0.0565. The molecule has 0 aliphatic rings. The van der Waals surface area contributed by atoms with Crippen LogP contribution in [0.2, 0.25) is 0 Å². The van der Waals surface area contributed by atoms with Crippen molar-refractivity contribution < 1.29 is 14.3 Å². The number of thiazole rings is 1. The molecule has 5 nitrogen and oxygen atoms in total. The topological polar surface area (TPSA) is 60.5 Å². The Balaban J connectivity index is 1.57. The van der Waals surface area contributed by atoms with Crippen molar-refractivity contribution in [2.75, 3.05) is 11.9 Å². The van der Waals surface area contributed by atoms with E-state index < -0.39 is 0 Å². The molecule has 0 atom stereocenters. The van der Waals surface area contributed by atoms with E-state index in [1.165, 1.54) is 11.3 Å². The van der Waals surface area contributed by atoms with Crippen molar-refractivity contribution in [3.05, 3.63) is 59.0 Å². The third kappa shape index (κ3) is 5.57. The van der Waals surface area contributed by atoms with Gasteiger partial charge in [0.05, 0.1) is 11.8 Å². The number of hydrogen-bond acceptors (Lipinski definition) is 5. The monoisotopic (exact) mass is 396 g/mol. The third-order valence-corrected chi connectivity index (χ3v) is 4.60. The summed E-state index contributed by atoms with van der Waals surface area (Å²) < 4.78 is 11.2. The van der Waals surface area contributed by atoms with E-state index in [0.717, 1.165) is 28.1 Å². The number of rotatable bonds is 7. The molecule has 0 aliphatic carbocycles. The van der Waals surface area contributed by atoms with E-state index in [9.17, 15) is 4.79 Å². The van der Waals surface area contributed by atoms with Crippen LogP contribution in [-0.2, 0) is 4.79 Å². The van der Waals surface area contributed by atoms with Gasteiger partial charge in [-0.3, -0.25) is 10.1 Å². The number of benzene rings is 2. The first kappa shape index (κ1) is 19.9. The summed E-state index contributed by atoms with van der Waals surface area (Å²) in [5.74, 6) is 1.28. The number of aryl methyl sites for hydroxylation is 2. The molecule has 1 aromatic heterocycles. The second-order valence-electron chi connectivity index (χ2n) is 6.89. The summed E-state index contributed by atoms with van der Waals surface area (Å²) in [4.78, 5) is 16.6. The van der Waals surface area contributed by atoms with E-state index in [2.05, 4.69) is 16.4 Å². The summed E-state index contributed by atoms with van der Waals surface area (Å²) in [6.07, 6.45) is 0.137. The molecule has 28 heavy (non-hydrogen) atoms. The Labute approximate surface area is 169 Å². The fourth-order valence-electron chi connectivity index (χ4n) is 2.76. The van der Waals surface area contributed by atoms with Crippen LogP contribution in [-0.4, -0.2) is 23.6 Å². The zero-order valence-electron chi connectivity index (χ0n) is 16.5. The van der Waals surface area contributed by atoms with E-state index in [4.69, 9.17) is 9.47 Å². The van der Waals surface area contributed by atoms with Gasteiger partial charge in [-0.15, -0.1) is 11.3 Å². The van der Waals surface area contributed by atoms with Gasteiger partial charge in [0.25, 0.3) is 5.91 Å². The molecular formula is C22H24N2O3S. The highest BCUT2D eigenvalue weighted by Gasteiger charge is 2.10. The average molecular weight is 397 g/mol. The van der Waals surface area contributed by atoms with Gasteiger partial charge < -0.3 is 9.47 Å². The lowest BCUT2D eigenvalue weighted by Crippen LogP contribution is -2.20. The van der Waals surface area contributed by atoms with Crippen LogP contribution in [0.1, 0.15) is 25.0 Å². The summed E-state index contributed by atoms with van der Waals surface area (Å²) >= 11 is 1.38. The second kappa shape index (κ2) is 8.89. The predicted molar refractivity (Wildman–Crippen MR) is 113 cm³/mol. The molecule has 0 saturated carbocycles. The maximum Gasteiger partial charge on any atom is 0.264 e. The van der Waals surface area contributed by atoms with Gasteiger partial charge >= 0.3 is 0 Å². The Morgan fingerprint density at radius 1 is 1.07 bits per heavy atom. The molecule has 0 saturated heterocycles. The van der Waals surface area contributed by atoms with E-state index in [0.29, 0.717) is 10.9 Å². The number of carbonyl (C=O) groups is 1. The molecule has 1 amide bonds. The molecule has 146 valence electrons. The molecule has 0 bridgehead atoms. The van der Waals surface area contributed by atoms with Crippen LogP contribution in [0.3, 0.4) is 0 Å². The Kier molecular flexibility index (Phi) is 6.31. The molecule has 2 aromatic carbocycles. The lowest BCUT2D eigenvalue weighted by molar-refractivity contribution is -0.118. The summed E-state index contributed by atoms with van der Waals surface area (Å²) in [6, 6.07) is 13.6. The molecule has 0 fully saturated rings. The van der Waals surface area contributed by atoms with Crippen molar-refractivity contribution in [2.24, 2.45) is 0 Å². The molecule has 1 N–H and O–H groups in total. The first-order valence-corrected chi connectivity index (χ1v) is 10.0.